The summed E-state index contributed by atoms with van der Waals surface area (Å²) in [5, 5.41) is 10.3. The summed E-state index contributed by atoms with van der Waals surface area (Å²) < 4.78 is 26.8. The second-order valence-corrected chi connectivity index (χ2v) is 7.84. The van der Waals surface area contributed by atoms with E-state index >= 15 is 0 Å². The van der Waals surface area contributed by atoms with Gasteiger partial charge in [-0.15, -0.1) is 10.2 Å². The van der Waals surface area contributed by atoms with Gasteiger partial charge in [-0.3, -0.25) is 14.4 Å². The van der Waals surface area contributed by atoms with Crippen molar-refractivity contribution in [2.24, 2.45) is 0 Å². The minimum absolute atomic E-state index is 0.0313. The number of amides is 1. The standard InChI is InChI=1S/C16H14N4O3S2/c1-20(13-7-3-2-4-8-13)25(22,23)14-9-5-6-12(10-14)15(21)18-16-19-17-11-24-16/h2-11H,1H3,(H,18,19,21). The Morgan fingerprint density at radius 1 is 1.12 bits per heavy atom. The summed E-state index contributed by atoms with van der Waals surface area (Å²) in [6.07, 6.45) is 0. The van der Waals surface area contributed by atoms with Gasteiger partial charge in [-0.1, -0.05) is 35.6 Å². The molecule has 1 heterocycles. The summed E-state index contributed by atoms with van der Waals surface area (Å²) in [6.45, 7) is 0. The monoisotopic (exact) mass is 374 g/mol. The quantitative estimate of drug-likeness (QED) is 0.741. The smallest absolute Gasteiger partial charge is 0.264 e. The van der Waals surface area contributed by atoms with Crippen molar-refractivity contribution in [3.63, 3.8) is 0 Å². The van der Waals surface area contributed by atoms with E-state index in [1.54, 1.807) is 24.3 Å². The highest BCUT2D eigenvalue weighted by Gasteiger charge is 2.22. The third-order valence-electron chi connectivity index (χ3n) is 3.45. The van der Waals surface area contributed by atoms with E-state index in [9.17, 15) is 13.2 Å². The van der Waals surface area contributed by atoms with Crippen LogP contribution in [0.4, 0.5) is 10.8 Å². The molecule has 0 aliphatic rings. The zero-order valence-corrected chi connectivity index (χ0v) is 14.8. The van der Waals surface area contributed by atoms with Crippen LogP contribution in [0.5, 0.6) is 0 Å². The fourth-order valence-corrected chi connectivity index (χ4v) is 3.81. The number of hydrogen-bond acceptors (Lipinski definition) is 6. The van der Waals surface area contributed by atoms with Crippen molar-refractivity contribution in [3.05, 3.63) is 65.7 Å². The van der Waals surface area contributed by atoms with E-state index < -0.39 is 15.9 Å². The molecule has 1 aromatic heterocycles. The molecule has 128 valence electrons. The molecule has 0 saturated heterocycles. The van der Waals surface area contributed by atoms with Crippen molar-refractivity contribution in [1.29, 1.82) is 0 Å². The van der Waals surface area contributed by atoms with Crippen LogP contribution < -0.4 is 9.62 Å². The molecule has 0 bridgehead atoms. The zero-order valence-electron chi connectivity index (χ0n) is 13.2. The zero-order chi connectivity index (χ0) is 17.9. The van der Waals surface area contributed by atoms with Crippen LogP contribution in [0.3, 0.4) is 0 Å². The van der Waals surface area contributed by atoms with Crippen molar-refractivity contribution in [3.8, 4) is 0 Å². The minimum Gasteiger partial charge on any atom is -0.296 e. The van der Waals surface area contributed by atoms with Crippen molar-refractivity contribution >= 4 is 38.1 Å². The van der Waals surface area contributed by atoms with Crippen LogP contribution in [0.25, 0.3) is 0 Å². The lowest BCUT2D eigenvalue weighted by Gasteiger charge is -2.19. The lowest BCUT2D eigenvalue weighted by Crippen LogP contribution is -2.26. The van der Waals surface area contributed by atoms with Gasteiger partial charge in [0.25, 0.3) is 15.9 Å². The Labute approximate surface area is 149 Å². The Morgan fingerprint density at radius 2 is 1.88 bits per heavy atom. The van der Waals surface area contributed by atoms with Gasteiger partial charge in [0, 0.05) is 12.6 Å². The average molecular weight is 374 g/mol. The Hall–Kier alpha value is -2.78. The molecule has 0 aliphatic carbocycles. The summed E-state index contributed by atoms with van der Waals surface area (Å²) in [4.78, 5) is 12.3. The summed E-state index contributed by atoms with van der Waals surface area (Å²) in [6, 6.07) is 14.6. The molecular formula is C16H14N4O3S2. The van der Waals surface area contributed by atoms with E-state index in [0.29, 0.717) is 10.8 Å². The maximum absolute atomic E-state index is 12.8. The first-order valence-electron chi connectivity index (χ1n) is 7.20. The largest absolute Gasteiger partial charge is 0.296 e. The van der Waals surface area contributed by atoms with Gasteiger partial charge in [-0.2, -0.15) is 0 Å². The van der Waals surface area contributed by atoms with Gasteiger partial charge in [-0.05, 0) is 30.3 Å². The van der Waals surface area contributed by atoms with Gasteiger partial charge in [0.1, 0.15) is 5.51 Å². The third kappa shape index (κ3) is 3.67. The van der Waals surface area contributed by atoms with Crippen LogP contribution in [-0.4, -0.2) is 31.6 Å². The van der Waals surface area contributed by atoms with E-state index in [-0.39, 0.29) is 10.5 Å². The molecule has 2 aromatic carbocycles. The normalized spacial score (nSPS) is 11.1. The number of benzene rings is 2. The molecule has 3 rings (SSSR count). The molecule has 0 saturated carbocycles. The first-order valence-corrected chi connectivity index (χ1v) is 9.52. The first kappa shape index (κ1) is 17.1. The summed E-state index contributed by atoms with van der Waals surface area (Å²) in [7, 11) is -2.31. The van der Waals surface area contributed by atoms with Gasteiger partial charge < -0.3 is 0 Å². The number of anilines is 2. The average Bonchev–Trinajstić information content (AvgIpc) is 3.15. The molecule has 3 aromatic rings. The van der Waals surface area contributed by atoms with Crippen molar-refractivity contribution in [2.45, 2.75) is 4.90 Å². The molecule has 0 radical (unpaired) electrons. The Morgan fingerprint density at radius 3 is 2.56 bits per heavy atom. The number of rotatable bonds is 5. The molecule has 0 unspecified atom stereocenters. The maximum Gasteiger partial charge on any atom is 0.264 e. The molecule has 9 heteroatoms. The van der Waals surface area contributed by atoms with Crippen molar-refractivity contribution < 1.29 is 13.2 Å². The van der Waals surface area contributed by atoms with E-state index in [1.807, 2.05) is 6.07 Å². The van der Waals surface area contributed by atoms with Gasteiger partial charge in [0.2, 0.25) is 5.13 Å². The number of nitrogens with one attached hydrogen (secondary N) is 1. The summed E-state index contributed by atoms with van der Waals surface area (Å²) >= 11 is 1.18. The predicted octanol–water partition coefficient (Wildman–Crippen LogP) is 2.62. The number of carbonyl (C=O) groups excluding carboxylic acids is 1. The minimum atomic E-state index is -3.78. The highest BCUT2D eigenvalue weighted by molar-refractivity contribution is 7.92. The van der Waals surface area contributed by atoms with E-state index in [4.69, 9.17) is 0 Å². The van der Waals surface area contributed by atoms with Crippen molar-refractivity contribution in [2.75, 3.05) is 16.7 Å². The van der Waals surface area contributed by atoms with Crippen LogP contribution in [-0.2, 0) is 10.0 Å². The van der Waals surface area contributed by atoms with Crippen LogP contribution >= 0.6 is 11.3 Å². The number of hydrogen-bond donors (Lipinski definition) is 1. The van der Waals surface area contributed by atoms with Gasteiger partial charge in [-0.25, -0.2) is 8.42 Å². The molecule has 0 atom stereocenters. The SMILES string of the molecule is CN(c1ccccc1)S(=O)(=O)c1cccc(C(=O)Nc2nncs2)c1. The second kappa shape index (κ2) is 6.99. The fraction of sp³-hybridized carbons (Fsp3) is 0.0625. The van der Waals surface area contributed by atoms with Gasteiger partial charge >= 0.3 is 0 Å². The highest BCUT2D eigenvalue weighted by atomic mass is 32.2. The number of nitrogens with zero attached hydrogens (tertiary/aromatic N) is 3. The Kier molecular flexibility index (Phi) is 4.77. The van der Waals surface area contributed by atoms with E-state index in [2.05, 4.69) is 15.5 Å². The fourth-order valence-electron chi connectivity index (χ4n) is 2.13. The Balaban J connectivity index is 1.89. The lowest BCUT2D eigenvalue weighted by molar-refractivity contribution is 0.102. The predicted molar refractivity (Wildman–Crippen MR) is 96.3 cm³/mol. The van der Waals surface area contributed by atoms with E-state index in [0.717, 1.165) is 0 Å². The number of para-hydroxylation sites is 1. The van der Waals surface area contributed by atoms with Crippen LogP contribution in [0, 0.1) is 0 Å². The summed E-state index contributed by atoms with van der Waals surface area (Å²) in [5.74, 6) is -0.448. The third-order valence-corrected chi connectivity index (χ3v) is 5.84. The molecular weight excluding hydrogens is 360 g/mol. The first-order chi connectivity index (χ1) is 12.0. The highest BCUT2D eigenvalue weighted by Crippen LogP contribution is 2.22. The molecule has 0 fully saturated rings. The summed E-state index contributed by atoms with van der Waals surface area (Å²) in [5.41, 5.74) is 2.25. The van der Waals surface area contributed by atoms with Crippen LogP contribution in [0.2, 0.25) is 0 Å². The molecule has 25 heavy (non-hydrogen) atoms. The van der Waals surface area contributed by atoms with Gasteiger partial charge in [0.15, 0.2) is 0 Å². The van der Waals surface area contributed by atoms with E-state index in [1.165, 1.54) is 52.5 Å². The molecule has 1 N–H and O–H groups in total. The second-order valence-electron chi connectivity index (χ2n) is 5.03. The van der Waals surface area contributed by atoms with Crippen molar-refractivity contribution in [1.82, 2.24) is 10.2 Å². The molecule has 0 aliphatic heterocycles. The molecule has 0 spiro atoms. The maximum atomic E-state index is 12.8. The van der Waals surface area contributed by atoms with Crippen LogP contribution in [0.15, 0.2) is 65.0 Å². The topological polar surface area (TPSA) is 92.3 Å². The number of aromatic nitrogens is 2. The van der Waals surface area contributed by atoms with Gasteiger partial charge in [0.05, 0.1) is 10.6 Å². The molecule has 7 nitrogen and oxygen atoms in total. The number of sulfonamides is 1. The molecule has 1 amide bonds. The Bertz CT molecular complexity index is 974. The van der Waals surface area contributed by atoms with Crippen LogP contribution in [0.1, 0.15) is 10.4 Å². The lowest BCUT2D eigenvalue weighted by atomic mass is 10.2. The number of carbonyl (C=O) groups is 1.